The van der Waals surface area contributed by atoms with Crippen molar-refractivity contribution in [2.45, 2.75) is 17.9 Å². The van der Waals surface area contributed by atoms with E-state index in [1.54, 1.807) is 17.9 Å². The number of carbonyl (C=O) groups excluding carboxylic acids is 2. The number of hydrogen-bond acceptors (Lipinski definition) is 5. The van der Waals surface area contributed by atoms with Crippen molar-refractivity contribution < 1.29 is 9.59 Å². The van der Waals surface area contributed by atoms with E-state index in [-0.39, 0.29) is 18.4 Å². The van der Waals surface area contributed by atoms with Gasteiger partial charge in [0.15, 0.2) is 0 Å². The van der Waals surface area contributed by atoms with E-state index in [1.165, 1.54) is 11.8 Å². The molecule has 98 valence electrons. The molecule has 1 aromatic rings. The number of benzene rings is 1. The molecule has 1 atom stereocenters. The molecular formula is C13H13N3O2S. The highest BCUT2D eigenvalue weighted by Gasteiger charge is 2.31. The highest BCUT2D eigenvalue weighted by atomic mass is 32.2. The molecule has 0 saturated carbocycles. The molecule has 1 aliphatic heterocycles. The molecule has 0 spiro atoms. The number of nitrogens with zero attached hydrogens (tertiary/aromatic N) is 2. The van der Waals surface area contributed by atoms with E-state index in [2.05, 4.69) is 11.4 Å². The van der Waals surface area contributed by atoms with Gasteiger partial charge in [-0.3, -0.25) is 14.9 Å². The number of imide groups is 1. The molecule has 2 rings (SSSR count). The van der Waals surface area contributed by atoms with Crippen LogP contribution in [0, 0.1) is 11.3 Å². The molecule has 1 fully saturated rings. The quantitative estimate of drug-likeness (QED) is 0.647. The lowest BCUT2D eigenvalue weighted by atomic mass is 10.1. The van der Waals surface area contributed by atoms with Gasteiger partial charge in [-0.1, -0.05) is 6.07 Å². The third-order valence-corrected chi connectivity index (χ3v) is 3.85. The van der Waals surface area contributed by atoms with Crippen LogP contribution in [0.1, 0.15) is 12.5 Å². The number of nitrogens with one attached hydrogen (secondary N) is 1. The van der Waals surface area contributed by atoms with Crippen molar-refractivity contribution in [1.29, 1.82) is 5.26 Å². The van der Waals surface area contributed by atoms with E-state index in [9.17, 15) is 14.9 Å². The number of carbonyl (C=O) groups is 2. The fourth-order valence-corrected chi connectivity index (χ4v) is 2.62. The van der Waals surface area contributed by atoms with E-state index < -0.39 is 6.04 Å². The minimum atomic E-state index is -0.470. The summed E-state index contributed by atoms with van der Waals surface area (Å²) in [5, 5.41) is 11.6. The van der Waals surface area contributed by atoms with Crippen LogP contribution in [0.4, 0.5) is 5.69 Å². The molecule has 1 saturated heterocycles. The Morgan fingerprint density at radius 3 is 2.84 bits per heavy atom. The van der Waals surface area contributed by atoms with Gasteiger partial charge < -0.3 is 4.90 Å². The van der Waals surface area contributed by atoms with E-state index in [0.717, 1.165) is 4.90 Å². The van der Waals surface area contributed by atoms with Crippen molar-refractivity contribution in [2.24, 2.45) is 0 Å². The predicted octanol–water partition coefficient (Wildman–Crippen LogP) is 1.13. The lowest BCUT2D eigenvalue weighted by Crippen LogP contribution is -2.57. The van der Waals surface area contributed by atoms with Crippen LogP contribution in [0.3, 0.4) is 0 Å². The van der Waals surface area contributed by atoms with Crippen LogP contribution in [0.15, 0.2) is 23.1 Å². The summed E-state index contributed by atoms with van der Waals surface area (Å²) < 4.78 is 0. The second-order valence-corrected chi connectivity index (χ2v) is 5.03. The van der Waals surface area contributed by atoms with Crippen LogP contribution in [-0.4, -0.2) is 30.7 Å². The van der Waals surface area contributed by atoms with Gasteiger partial charge in [-0.2, -0.15) is 5.26 Å². The first kappa shape index (κ1) is 13.4. The lowest BCUT2D eigenvalue weighted by Gasteiger charge is -2.34. The first-order chi connectivity index (χ1) is 9.08. The number of amides is 2. The highest BCUT2D eigenvalue weighted by Crippen LogP contribution is 2.30. The molecule has 0 aromatic heterocycles. The van der Waals surface area contributed by atoms with Crippen LogP contribution in [0.2, 0.25) is 0 Å². The third-order valence-electron chi connectivity index (χ3n) is 3.07. The van der Waals surface area contributed by atoms with Crippen molar-refractivity contribution in [3.8, 4) is 6.07 Å². The lowest BCUT2D eigenvalue weighted by molar-refractivity contribution is -0.132. The first-order valence-corrected chi connectivity index (χ1v) is 6.98. The topological polar surface area (TPSA) is 73.2 Å². The van der Waals surface area contributed by atoms with Crippen LogP contribution in [0.25, 0.3) is 0 Å². The molecule has 0 aliphatic carbocycles. The molecule has 0 bridgehead atoms. The fourth-order valence-electron chi connectivity index (χ4n) is 2.05. The molecule has 1 heterocycles. The Hall–Kier alpha value is -2.00. The Kier molecular flexibility index (Phi) is 3.76. The van der Waals surface area contributed by atoms with E-state index in [0.29, 0.717) is 11.3 Å². The zero-order valence-corrected chi connectivity index (χ0v) is 11.5. The first-order valence-electron chi connectivity index (χ1n) is 5.76. The summed E-state index contributed by atoms with van der Waals surface area (Å²) in [6.07, 6.45) is 1.89. The predicted molar refractivity (Wildman–Crippen MR) is 72.9 cm³/mol. The normalized spacial score (nSPS) is 19.0. The van der Waals surface area contributed by atoms with Gasteiger partial charge in [0.05, 0.1) is 17.8 Å². The van der Waals surface area contributed by atoms with Gasteiger partial charge in [0, 0.05) is 4.90 Å². The Morgan fingerprint density at radius 1 is 1.47 bits per heavy atom. The molecule has 1 aromatic carbocycles. The van der Waals surface area contributed by atoms with Gasteiger partial charge in [0.1, 0.15) is 12.1 Å². The molecule has 1 aliphatic rings. The van der Waals surface area contributed by atoms with Crippen molar-refractivity contribution in [1.82, 2.24) is 5.32 Å². The van der Waals surface area contributed by atoms with Crippen LogP contribution < -0.4 is 10.2 Å². The van der Waals surface area contributed by atoms with E-state index in [1.807, 2.05) is 18.4 Å². The molecule has 6 heteroatoms. The summed E-state index contributed by atoms with van der Waals surface area (Å²) in [7, 11) is 0. The Bertz CT molecular complexity index is 580. The summed E-state index contributed by atoms with van der Waals surface area (Å²) in [5.74, 6) is -0.684. The Labute approximate surface area is 115 Å². The average molecular weight is 275 g/mol. The number of rotatable bonds is 2. The van der Waals surface area contributed by atoms with E-state index >= 15 is 0 Å². The maximum absolute atomic E-state index is 11.7. The second kappa shape index (κ2) is 5.33. The molecule has 2 amide bonds. The van der Waals surface area contributed by atoms with Crippen molar-refractivity contribution in [2.75, 3.05) is 17.7 Å². The molecule has 1 unspecified atom stereocenters. The Morgan fingerprint density at radius 2 is 2.21 bits per heavy atom. The third kappa shape index (κ3) is 2.42. The van der Waals surface area contributed by atoms with Gasteiger partial charge in [-0.25, -0.2) is 0 Å². The van der Waals surface area contributed by atoms with Crippen molar-refractivity contribution >= 4 is 29.3 Å². The zero-order valence-electron chi connectivity index (χ0n) is 10.6. The monoisotopic (exact) mass is 275 g/mol. The summed E-state index contributed by atoms with van der Waals surface area (Å²) >= 11 is 1.47. The molecular weight excluding hydrogens is 262 g/mol. The molecule has 5 nitrogen and oxygen atoms in total. The van der Waals surface area contributed by atoms with Crippen LogP contribution in [-0.2, 0) is 9.59 Å². The average Bonchev–Trinajstić information content (AvgIpc) is 2.41. The number of hydrogen-bond donors (Lipinski definition) is 1. The second-order valence-electron chi connectivity index (χ2n) is 4.18. The van der Waals surface area contributed by atoms with Gasteiger partial charge in [0.25, 0.3) is 0 Å². The fraction of sp³-hybridized carbons (Fsp3) is 0.308. The minimum Gasteiger partial charge on any atom is -0.349 e. The van der Waals surface area contributed by atoms with Crippen LogP contribution in [0.5, 0.6) is 0 Å². The number of thioether (sulfide) groups is 1. The maximum Gasteiger partial charge on any atom is 0.249 e. The van der Waals surface area contributed by atoms with Crippen molar-refractivity contribution in [3.05, 3.63) is 23.8 Å². The molecule has 1 N–H and O–H groups in total. The number of anilines is 1. The smallest absolute Gasteiger partial charge is 0.249 e. The standard InChI is InChI=1S/C13H13N3O2S/c1-8-13(18)15-12(17)7-16(8)10-4-3-5-11(19-2)9(10)6-14/h3-5,8H,7H2,1-2H3,(H,15,17,18). The highest BCUT2D eigenvalue weighted by molar-refractivity contribution is 7.98. The summed E-state index contributed by atoms with van der Waals surface area (Å²) in [6, 6.07) is 7.13. The number of nitriles is 1. The summed E-state index contributed by atoms with van der Waals surface area (Å²) in [4.78, 5) is 25.7. The van der Waals surface area contributed by atoms with Gasteiger partial charge >= 0.3 is 0 Å². The summed E-state index contributed by atoms with van der Waals surface area (Å²) in [5.41, 5.74) is 1.13. The largest absolute Gasteiger partial charge is 0.349 e. The van der Waals surface area contributed by atoms with Gasteiger partial charge in [0.2, 0.25) is 11.8 Å². The Balaban J connectivity index is 2.49. The van der Waals surface area contributed by atoms with Crippen LogP contribution >= 0.6 is 11.8 Å². The summed E-state index contributed by atoms with van der Waals surface area (Å²) in [6.45, 7) is 1.80. The minimum absolute atomic E-state index is 0.0828. The van der Waals surface area contributed by atoms with Crippen molar-refractivity contribution in [3.63, 3.8) is 0 Å². The molecule has 19 heavy (non-hydrogen) atoms. The zero-order chi connectivity index (χ0) is 14.0. The SMILES string of the molecule is CSc1cccc(N2CC(=O)NC(=O)C2C)c1C#N. The maximum atomic E-state index is 11.7. The van der Waals surface area contributed by atoms with Gasteiger partial charge in [-0.15, -0.1) is 11.8 Å². The number of piperazine rings is 1. The van der Waals surface area contributed by atoms with Gasteiger partial charge in [-0.05, 0) is 25.3 Å². The molecule has 0 radical (unpaired) electrons. The van der Waals surface area contributed by atoms with E-state index in [4.69, 9.17) is 0 Å².